The number of hydrogen-bond donors (Lipinski definition) is 1. The molecule has 1 heterocycles. The summed E-state index contributed by atoms with van der Waals surface area (Å²) in [6.45, 7) is 3.73. The highest BCUT2D eigenvalue weighted by Crippen LogP contribution is 2.38. The lowest BCUT2D eigenvalue weighted by Crippen LogP contribution is -2.54. The second-order valence-corrected chi connectivity index (χ2v) is 6.48. The summed E-state index contributed by atoms with van der Waals surface area (Å²) in [5, 5.41) is 0. The summed E-state index contributed by atoms with van der Waals surface area (Å²) in [7, 11) is 0. The molecule has 110 valence electrons. The highest BCUT2D eigenvalue weighted by atomic mass is 16.2. The van der Waals surface area contributed by atoms with Crippen LogP contribution in [-0.4, -0.2) is 29.9 Å². The van der Waals surface area contributed by atoms with Crippen LogP contribution in [0.4, 0.5) is 0 Å². The topological polar surface area (TPSA) is 46.3 Å². The standard InChI is InChI=1S/C16H30N2O/c1-2-8-14-9-4-7-12-18(14)15(19)16(13-17)10-5-3-6-11-16/h14H,2-13,17H2,1H3. The van der Waals surface area contributed by atoms with Crippen LogP contribution in [0.15, 0.2) is 0 Å². The van der Waals surface area contributed by atoms with Crippen molar-refractivity contribution in [2.75, 3.05) is 13.1 Å². The van der Waals surface area contributed by atoms with Crippen molar-refractivity contribution in [1.82, 2.24) is 4.90 Å². The van der Waals surface area contributed by atoms with Gasteiger partial charge in [0.15, 0.2) is 0 Å². The van der Waals surface area contributed by atoms with Crippen LogP contribution in [-0.2, 0) is 4.79 Å². The maximum absolute atomic E-state index is 13.0. The van der Waals surface area contributed by atoms with Crippen molar-refractivity contribution in [3.8, 4) is 0 Å². The molecule has 1 saturated carbocycles. The third-order valence-corrected chi connectivity index (χ3v) is 5.16. The van der Waals surface area contributed by atoms with Gasteiger partial charge in [-0.2, -0.15) is 0 Å². The zero-order valence-corrected chi connectivity index (χ0v) is 12.5. The number of carbonyl (C=O) groups excluding carboxylic acids is 1. The number of amides is 1. The van der Waals surface area contributed by atoms with Gasteiger partial charge in [0.1, 0.15) is 0 Å². The molecule has 2 rings (SSSR count). The molecule has 0 aromatic carbocycles. The maximum atomic E-state index is 13.0. The van der Waals surface area contributed by atoms with Gasteiger partial charge in [0, 0.05) is 19.1 Å². The Morgan fingerprint density at radius 1 is 1.21 bits per heavy atom. The van der Waals surface area contributed by atoms with Gasteiger partial charge in [-0.15, -0.1) is 0 Å². The first-order valence-electron chi connectivity index (χ1n) is 8.24. The molecular weight excluding hydrogens is 236 g/mol. The quantitative estimate of drug-likeness (QED) is 0.850. The van der Waals surface area contributed by atoms with Gasteiger partial charge in [0.05, 0.1) is 5.41 Å². The van der Waals surface area contributed by atoms with Crippen LogP contribution in [0.25, 0.3) is 0 Å². The van der Waals surface area contributed by atoms with E-state index in [-0.39, 0.29) is 5.41 Å². The van der Waals surface area contributed by atoms with E-state index in [0.29, 0.717) is 18.5 Å². The Hall–Kier alpha value is -0.570. The smallest absolute Gasteiger partial charge is 0.230 e. The molecule has 0 bridgehead atoms. The Kier molecular flexibility index (Phi) is 5.26. The van der Waals surface area contributed by atoms with E-state index in [1.54, 1.807) is 0 Å². The van der Waals surface area contributed by atoms with Gasteiger partial charge in [-0.1, -0.05) is 32.6 Å². The third kappa shape index (κ3) is 3.13. The normalized spacial score (nSPS) is 27.3. The number of hydrogen-bond acceptors (Lipinski definition) is 2. The van der Waals surface area contributed by atoms with Gasteiger partial charge in [0.25, 0.3) is 0 Å². The van der Waals surface area contributed by atoms with Gasteiger partial charge in [-0.3, -0.25) is 4.79 Å². The Bertz CT molecular complexity index is 295. The van der Waals surface area contributed by atoms with Gasteiger partial charge in [-0.05, 0) is 38.5 Å². The molecule has 3 heteroatoms. The van der Waals surface area contributed by atoms with Gasteiger partial charge in [0.2, 0.25) is 5.91 Å². The lowest BCUT2D eigenvalue weighted by molar-refractivity contribution is -0.147. The molecule has 0 spiro atoms. The van der Waals surface area contributed by atoms with Crippen molar-refractivity contribution in [1.29, 1.82) is 0 Å². The van der Waals surface area contributed by atoms with E-state index >= 15 is 0 Å². The Morgan fingerprint density at radius 3 is 2.58 bits per heavy atom. The predicted octanol–water partition coefficient (Wildman–Crippen LogP) is 3.08. The molecule has 1 unspecified atom stereocenters. The second kappa shape index (κ2) is 6.74. The molecule has 19 heavy (non-hydrogen) atoms. The van der Waals surface area contributed by atoms with Gasteiger partial charge < -0.3 is 10.6 Å². The fourth-order valence-corrected chi connectivity index (χ4v) is 3.94. The number of likely N-dealkylation sites (tertiary alicyclic amines) is 1. The van der Waals surface area contributed by atoms with Crippen molar-refractivity contribution < 1.29 is 4.79 Å². The van der Waals surface area contributed by atoms with Crippen LogP contribution < -0.4 is 5.73 Å². The second-order valence-electron chi connectivity index (χ2n) is 6.48. The zero-order valence-electron chi connectivity index (χ0n) is 12.5. The average molecular weight is 266 g/mol. The molecule has 1 atom stereocenters. The van der Waals surface area contributed by atoms with Crippen molar-refractivity contribution in [3.05, 3.63) is 0 Å². The minimum absolute atomic E-state index is 0.221. The number of nitrogens with zero attached hydrogens (tertiary/aromatic N) is 1. The molecule has 2 fully saturated rings. The van der Waals surface area contributed by atoms with Crippen molar-refractivity contribution in [2.24, 2.45) is 11.1 Å². The summed E-state index contributed by atoms with van der Waals surface area (Å²) < 4.78 is 0. The van der Waals surface area contributed by atoms with Crippen molar-refractivity contribution >= 4 is 5.91 Å². The van der Waals surface area contributed by atoms with Crippen molar-refractivity contribution in [3.63, 3.8) is 0 Å². The molecular formula is C16H30N2O. The molecule has 1 amide bonds. The van der Waals surface area contributed by atoms with E-state index in [9.17, 15) is 4.79 Å². The lowest BCUT2D eigenvalue weighted by Gasteiger charge is -2.44. The van der Waals surface area contributed by atoms with Crippen LogP contribution in [0.3, 0.4) is 0 Å². The van der Waals surface area contributed by atoms with E-state index in [1.165, 1.54) is 44.9 Å². The monoisotopic (exact) mass is 266 g/mol. The number of piperidine rings is 1. The third-order valence-electron chi connectivity index (χ3n) is 5.16. The van der Waals surface area contributed by atoms with E-state index in [0.717, 1.165) is 25.8 Å². The summed E-state index contributed by atoms with van der Waals surface area (Å²) in [6.07, 6.45) is 11.6. The summed E-state index contributed by atoms with van der Waals surface area (Å²) >= 11 is 0. The minimum Gasteiger partial charge on any atom is -0.339 e. The SMILES string of the molecule is CCCC1CCCCN1C(=O)C1(CN)CCCCC1. The highest BCUT2D eigenvalue weighted by Gasteiger charge is 2.42. The molecule has 2 N–H and O–H groups in total. The predicted molar refractivity (Wildman–Crippen MR) is 78.8 cm³/mol. The molecule has 1 aliphatic carbocycles. The summed E-state index contributed by atoms with van der Waals surface area (Å²) in [6, 6.07) is 0.483. The zero-order chi connectivity index (χ0) is 13.7. The van der Waals surface area contributed by atoms with E-state index in [4.69, 9.17) is 5.73 Å². The van der Waals surface area contributed by atoms with Crippen LogP contribution in [0.5, 0.6) is 0 Å². The van der Waals surface area contributed by atoms with Crippen LogP contribution >= 0.6 is 0 Å². The summed E-state index contributed by atoms with van der Waals surface area (Å²) in [5.41, 5.74) is 5.80. The fourth-order valence-electron chi connectivity index (χ4n) is 3.94. The van der Waals surface area contributed by atoms with Crippen LogP contribution in [0, 0.1) is 5.41 Å². The summed E-state index contributed by atoms with van der Waals surface area (Å²) in [4.78, 5) is 15.2. The molecule has 0 aromatic heterocycles. The molecule has 2 aliphatic rings. The fraction of sp³-hybridized carbons (Fsp3) is 0.938. The summed E-state index contributed by atoms with van der Waals surface area (Å²) in [5.74, 6) is 0.382. The number of rotatable bonds is 4. The average Bonchev–Trinajstić information content (AvgIpc) is 2.48. The first kappa shape index (κ1) is 14.8. The Balaban J connectivity index is 2.10. The molecule has 1 saturated heterocycles. The van der Waals surface area contributed by atoms with E-state index in [2.05, 4.69) is 11.8 Å². The molecule has 0 aromatic rings. The lowest BCUT2D eigenvalue weighted by atomic mass is 9.72. The van der Waals surface area contributed by atoms with Crippen LogP contribution in [0.1, 0.15) is 71.1 Å². The van der Waals surface area contributed by atoms with Gasteiger partial charge in [-0.25, -0.2) is 0 Å². The Labute approximate surface area is 117 Å². The Morgan fingerprint density at radius 2 is 1.95 bits per heavy atom. The highest BCUT2D eigenvalue weighted by molar-refractivity contribution is 5.83. The van der Waals surface area contributed by atoms with Crippen molar-refractivity contribution in [2.45, 2.75) is 77.2 Å². The molecule has 3 nitrogen and oxygen atoms in total. The molecule has 1 aliphatic heterocycles. The van der Waals surface area contributed by atoms with Gasteiger partial charge >= 0.3 is 0 Å². The largest absolute Gasteiger partial charge is 0.339 e. The number of carbonyl (C=O) groups is 1. The minimum atomic E-state index is -0.221. The van der Waals surface area contributed by atoms with E-state index in [1.807, 2.05) is 0 Å². The first-order valence-corrected chi connectivity index (χ1v) is 8.24. The first-order chi connectivity index (χ1) is 9.23. The van der Waals surface area contributed by atoms with Crippen LogP contribution in [0.2, 0.25) is 0 Å². The number of nitrogens with two attached hydrogens (primary N) is 1. The maximum Gasteiger partial charge on any atom is 0.230 e. The van der Waals surface area contributed by atoms with E-state index < -0.39 is 0 Å². The molecule has 0 radical (unpaired) electrons.